The van der Waals surface area contributed by atoms with Crippen LogP contribution < -0.4 is 5.73 Å². The maximum Gasteiger partial charge on any atom is 0.339 e. The van der Waals surface area contributed by atoms with Gasteiger partial charge in [0.05, 0.1) is 17.7 Å². The molecule has 0 radical (unpaired) electrons. The van der Waals surface area contributed by atoms with E-state index >= 15 is 0 Å². The molecule has 0 amide bonds. The van der Waals surface area contributed by atoms with Gasteiger partial charge in [-0.2, -0.15) is 0 Å². The van der Waals surface area contributed by atoms with Crippen molar-refractivity contribution < 1.29 is 14.3 Å². The SMILES string of the molecule is COCC#Cc1cc(C(=O)OC)c(Cl)cc1N. The molecule has 5 heteroatoms. The van der Waals surface area contributed by atoms with Gasteiger partial charge in [-0.3, -0.25) is 0 Å². The smallest absolute Gasteiger partial charge is 0.339 e. The lowest BCUT2D eigenvalue weighted by molar-refractivity contribution is 0.0601. The summed E-state index contributed by atoms with van der Waals surface area (Å²) in [6.07, 6.45) is 0. The highest BCUT2D eigenvalue weighted by molar-refractivity contribution is 6.34. The van der Waals surface area contributed by atoms with Crippen LogP contribution in [-0.4, -0.2) is 26.8 Å². The van der Waals surface area contributed by atoms with Gasteiger partial charge >= 0.3 is 5.97 Å². The molecule has 2 N–H and O–H groups in total. The zero-order valence-corrected chi connectivity index (χ0v) is 10.3. The second-order valence-electron chi connectivity index (χ2n) is 3.15. The van der Waals surface area contributed by atoms with Gasteiger partial charge in [-0.1, -0.05) is 23.4 Å². The standard InChI is InChI=1S/C12H12ClNO3/c1-16-5-3-4-8-6-9(12(15)17-2)10(13)7-11(8)14/h6-7H,5,14H2,1-2H3. The molecule has 0 aliphatic rings. The summed E-state index contributed by atoms with van der Waals surface area (Å²) in [6, 6.07) is 2.98. The topological polar surface area (TPSA) is 61.5 Å². The fourth-order valence-electron chi connectivity index (χ4n) is 1.17. The van der Waals surface area contributed by atoms with Crippen molar-refractivity contribution in [2.24, 2.45) is 0 Å². The van der Waals surface area contributed by atoms with Crippen LogP contribution in [0.1, 0.15) is 15.9 Å². The molecule has 0 aliphatic carbocycles. The van der Waals surface area contributed by atoms with Gasteiger partial charge in [0.1, 0.15) is 6.61 Å². The Labute approximate surface area is 105 Å². The van der Waals surface area contributed by atoms with E-state index in [0.717, 1.165) is 0 Å². The Hall–Kier alpha value is -1.70. The minimum atomic E-state index is -0.523. The number of nitrogen functional groups attached to an aromatic ring is 1. The van der Waals surface area contributed by atoms with Crippen molar-refractivity contribution in [2.75, 3.05) is 26.6 Å². The third-order valence-corrected chi connectivity index (χ3v) is 2.30. The summed E-state index contributed by atoms with van der Waals surface area (Å²) in [4.78, 5) is 11.4. The maximum atomic E-state index is 11.4. The van der Waals surface area contributed by atoms with Gasteiger partial charge < -0.3 is 15.2 Å². The molecule has 0 bridgehead atoms. The first-order valence-electron chi connectivity index (χ1n) is 4.75. The van der Waals surface area contributed by atoms with E-state index in [9.17, 15) is 4.79 Å². The number of hydrogen-bond donors (Lipinski definition) is 1. The Morgan fingerprint density at radius 3 is 2.76 bits per heavy atom. The zero-order chi connectivity index (χ0) is 12.8. The molecule has 4 nitrogen and oxygen atoms in total. The molecular weight excluding hydrogens is 242 g/mol. The van der Waals surface area contributed by atoms with Crippen LogP contribution in [0, 0.1) is 11.8 Å². The largest absolute Gasteiger partial charge is 0.465 e. The number of nitrogens with two attached hydrogens (primary N) is 1. The number of benzene rings is 1. The molecule has 0 aliphatic heterocycles. The fraction of sp³-hybridized carbons (Fsp3) is 0.250. The number of anilines is 1. The van der Waals surface area contributed by atoms with E-state index in [1.807, 2.05) is 0 Å². The molecule has 0 saturated carbocycles. The second kappa shape index (κ2) is 6.14. The lowest BCUT2D eigenvalue weighted by Crippen LogP contribution is -2.04. The van der Waals surface area contributed by atoms with E-state index in [2.05, 4.69) is 16.6 Å². The maximum absolute atomic E-state index is 11.4. The quantitative estimate of drug-likeness (QED) is 0.495. The molecular formula is C12H12ClNO3. The van der Waals surface area contributed by atoms with Crippen molar-refractivity contribution >= 4 is 23.3 Å². The van der Waals surface area contributed by atoms with Crippen LogP contribution in [0.5, 0.6) is 0 Å². The summed E-state index contributed by atoms with van der Waals surface area (Å²) in [5.74, 6) is 5.02. The van der Waals surface area contributed by atoms with E-state index in [1.54, 1.807) is 7.11 Å². The molecule has 1 aromatic rings. The molecule has 1 aromatic carbocycles. The second-order valence-corrected chi connectivity index (χ2v) is 3.55. The Bertz CT molecular complexity index is 489. The summed E-state index contributed by atoms with van der Waals surface area (Å²) < 4.78 is 9.39. The Balaban J connectivity index is 3.16. The highest BCUT2D eigenvalue weighted by atomic mass is 35.5. The third kappa shape index (κ3) is 3.38. The number of rotatable bonds is 2. The van der Waals surface area contributed by atoms with Crippen molar-refractivity contribution in [1.82, 2.24) is 0 Å². The lowest BCUT2D eigenvalue weighted by atomic mass is 10.1. The monoisotopic (exact) mass is 253 g/mol. The van der Waals surface area contributed by atoms with Crippen LogP contribution in [0.4, 0.5) is 5.69 Å². The van der Waals surface area contributed by atoms with E-state index < -0.39 is 5.97 Å². The normalized spacial score (nSPS) is 9.35. The summed E-state index contributed by atoms with van der Waals surface area (Å²) in [5.41, 5.74) is 6.90. The lowest BCUT2D eigenvalue weighted by Gasteiger charge is -2.05. The van der Waals surface area contributed by atoms with Crippen LogP contribution in [0.25, 0.3) is 0 Å². The number of halogens is 1. The highest BCUT2D eigenvalue weighted by Gasteiger charge is 2.12. The van der Waals surface area contributed by atoms with Crippen molar-refractivity contribution in [3.05, 3.63) is 28.3 Å². The predicted molar refractivity (Wildman–Crippen MR) is 66.0 cm³/mol. The van der Waals surface area contributed by atoms with Crippen LogP contribution in [0.2, 0.25) is 5.02 Å². The first-order valence-corrected chi connectivity index (χ1v) is 5.13. The van der Waals surface area contributed by atoms with Crippen molar-refractivity contribution in [2.45, 2.75) is 0 Å². The first kappa shape index (κ1) is 13.4. The molecule has 0 heterocycles. The number of carbonyl (C=O) groups excluding carboxylic acids is 1. The van der Waals surface area contributed by atoms with Crippen LogP contribution >= 0.6 is 11.6 Å². The van der Waals surface area contributed by atoms with Gasteiger partial charge in [-0.25, -0.2) is 4.79 Å². The summed E-state index contributed by atoms with van der Waals surface area (Å²) in [5, 5.41) is 0.242. The Kier molecular flexibility index (Phi) is 4.83. The molecule has 0 spiro atoms. The molecule has 0 aromatic heterocycles. The van der Waals surface area contributed by atoms with Crippen molar-refractivity contribution in [1.29, 1.82) is 0 Å². The van der Waals surface area contributed by atoms with Gasteiger partial charge in [-0.05, 0) is 12.1 Å². The van der Waals surface area contributed by atoms with Crippen molar-refractivity contribution in [3.8, 4) is 11.8 Å². The van der Waals surface area contributed by atoms with Gasteiger partial charge in [0.2, 0.25) is 0 Å². The third-order valence-electron chi connectivity index (χ3n) is 1.98. The predicted octanol–water partition coefficient (Wildman–Crippen LogP) is 1.71. The average molecular weight is 254 g/mol. The first-order chi connectivity index (χ1) is 8.10. The molecule has 90 valence electrons. The fourth-order valence-corrected chi connectivity index (χ4v) is 1.42. The Morgan fingerprint density at radius 2 is 2.18 bits per heavy atom. The summed E-state index contributed by atoms with van der Waals surface area (Å²) >= 11 is 5.88. The molecule has 0 fully saturated rings. The van der Waals surface area contributed by atoms with Crippen LogP contribution in [0.15, 0.2) is 12.1 Å². The molecule has 0 unspecified atom stereocenters. The molecule has 0 atom stereocenters. The van der Waals surface area contributed by atoms with Gasteiger partial charge in [-0.15, -0.1) is 0 Å². The number of hydrogen-bond acceptors (Lipinski definition) is 4. The number of ether oxygens (including phenoxy) is 2. The summed E-state index contributed by atoms with van der Waals surface area (Å²) in [7, 11) is 2.82. The number of carbonyl (C=O) groups is 1. The minimum Gasteiger partial charge on any atom is -0.465 e. The van der Waals surface area contributed by atoms with E-state index in [-0.39, 0.29) is 17.2 Å². The van der Waals surface area contributed by atoms with Crippen molar-refractivity contribution in [3.63, 3.8) is 0 Å². The summed E-state index contributed by atoms with van der Waals surface area (Å²) in [6.45, 7) is 0.287. The van der Waals surface area contributed by atoms with E-state index in [1.165, 1.54) is 19.2 Å². The average Bonchev–Trinajstić information content (AvgIpc) is 2.31. The van der Waals surface area contributed by atoms with Gasteiger partial charge in [0, 0.05) is 18.4 Å². The van der Waals surface area contributed by atoms with Gasteiger partial charge in [0.25, 0.3) is 0 Å². The number of methoxy groups -OCH3 is 2. The minimum absolute atomic E-state index is 0.241. The van der Waals surface area contributed by atoms with Crippen LogP contribution in [-0.2, 0) is 9.47 Å². The van der Waals surface area contributed by atoms with Crippen LogP contribution in [0.3, 0.4) is 0 Å². The van der Waals surface area contributed by atoms with E-state index in [0.29, 0.717) is 11.3 Å². The number of esters is 1. The Morgan fingerprint density at radius 1 is 1.47 bits per heavy atom. The molecule has 1 rings (SSSR count). The van der Waals surface area contributed by atoms with E-state index in [4.69, 9.17) is 22.1 Å². The molecule has 17 heavy (non-hydrogen) atoms. The highest BCUT2D eigenvalue weighted by Crippen LogP contribution is 2.23. The van der Waals surface area contributed by atoms with Gasteiger partial charge in [0.15, 0.2) is 0 Å². The molecule has 0 saturated heterocycles. The zero-order valence-electron chi connectivity index (χ0n) is 9.54.